The second kappa shape index (κ2) is 11.9. The highest BCUT2D eigenvalue weighted by atomic mass is 15.2. The van der Waals surface area contributed by atoms with Gasteiger partial charge in [0.2, 0.25) is 0 Å². The number of aryl methyl sites for hydroxylation is 4. The molecule has 50 heavy (non-hydrogen) atoms. The van der Waals surface area contributed by atoms with Crippen molar-refractivity contribution in [1.82, 2.24) is 0 Å². The molecule has 0 atom stereocenters. The van der Waals surface area contributed by atoms with Crippen LogP contribution in [0, 0.1) is 27.7 Å². The first-order chi connectivity index (χ1) is 24.4. The van der Waals surface area contributed by atoms with E-state index in [0.29, 0.717) is 0 Å². The van der Waals surface area contributed by atoms with E-state index in [2.05, 4.69) is 200 Å². The van der Waals surface area contributed by atoms with Gasteiger partial charge in [-0.05, 0) is 123 Å². The summed E-state index contributed by atoms with van der Waals surface area (Å²) in [7, 11) is 0. The van der Waals surface area contributed by atoms with Gasteiger partial charge in [-0.2, -0.15) is 0 Å². The Morgan fingerprint density at radius 1 is 0.380 bits per heavy atom. The number of anilines is 9. The molecule has 3 nitrogen and oxygen atoms in total. The summed E-state index contributed by atoms with van der Waals surface area (Å²) in [5, 5.41) is 0. The lowest BCUT2D eigenvalue weighted by Gasteiger charge is -2.44. The SMILES string of the molecule is Cc1ccc(N(c2ccc(C)cc2)c2ccc3c(c2)N(c2ccc(C)cc2)c2cccc4c2B3c2ccccc2N4c2ccc(C)cc2)cc1. The van der Waals surface area contributed by atoms with Crippen molar-refractivity contribution in [3.63, 3.8) is 0 Å². The molecule has 0 saturated carbocycles. The van der Waals surface area contributed by atoms with Gasteiger partial charge in [-0.1, -0.05) is 101 Å². The lowest BCUT2D eigenvalue weighted by molar-refractivity contribution is 1.23. The van der Waals surface area contributed by atoms with Gasteiger partial charge in [-0.3, -0.25) is 0 Å². The highest BCUT2D eigenvalue weighted by Gasteiger charge is 2.43. The summed E-state index contributed by atoms with van der Waals surface area (Å²) < 4.78 is 0. The second-order valence-corrected chi connectivity index (χ2v) is 13.8. The van der Waals surface area contributed by atoms with Crippen LogP contribution in [0.4, 0.5) is 51.2 Å². The second-order valence-electron chi connectivity index (χ2n) is 13.8. The molecule has 0 bridgehead atoms. The van der Waals surface area contributed by atoms with Crippen LogP contribution in [0.2, 0.25) is 0 Å². The van der Waals surface area contributed by atoms with Crippen LogP contribution in [0.25, 0.3) is 0 Å². The molecule has 0 unspecified atom stereocenters. The van der Waals surface area contributed by atoms with Crippen LogP contribution in [0.15, 0.2) is 158 Å². The van der Waals surface area contributed by atoms with Crippen molar-refractivity contribution < 1.29 is 0 Å². The lowest BCUT2D eigenvalue weighted by atomic mass is 9.33. The fraction of sp³-hybridized carbons (Fsp3) is 0.0870. The largest absolute Gasteiger partial charge is 0.311 e. The minimum absolute atomic E-state index is 0.0806. The van der Waals surface area contributed by atoms with Gasteiger partial charge < -0.3 is 14.7 Å². The van der Waals surface area contributed by atoms with E-state index in [1.807, 2.05) is 0 Å². The van der Waals surface area contributed by atoms with Crippen LogP contribution in [0.3, 0.4) is 0 Å². The van der Waals surface area contributed by atoms with Gasteiger partial charge >= 0.3 is 0 Å². The van der Waals surface area contributed by atoms with E-state index < -0.39 is 0 Å². The molecule has 0 aromatic heterocycles. The molecule has 0 fully saturated rings. The first-order valence-electron chi connectivity index (χ1n) is 17.5. The molecule has 2 aliphatic heterocycles. The van der Waals surface area contributed by atoms with Gasteiger partial charge in [0.15, 0.2) is 0 Å². The van der Waals surface area contributed by atoms with Crippen molar-refractivity contribution in [2.24, 2.45) is 0 Å². The monoisotopic (exact) mass is 643 g/mol. The smallest absolute Gasteiger partial charge is 0.252 e. The van der Waals surface area contributed by atoms with E-state index in [0.717, 1.165) is 22.7 Å². The van der Waals surface area contributed by atoms with Crippen LogP contribution in [0.1, 0.15) is 22.3 Å². The number of hydrogen-bond acceptors (Lipinski definition) is 3. The Labute approximate surface area is 295 Å². The van der Waals surface area contributed by atoms with Crippen molar-refractivity contribution in [3.8, 4) is 0 Å². The predicted molar refractivity (Wildman–Crippen MR) is 214 cm³/mol. The molecule has 2 heterocycles. The van der Waals surface area contributed by atoms with Crippen LogP contribution >= 0.6 is 0 Å². The Balaban J connectivity index is 1.31. The molecule has 7 aromatic rings. The van der Waals surface area contributed by atoms with Crippen molar-refractivity contribution in [2.75, 3.05) is 14.7 Å². The zero-order valence-corrected chi connectivity index (χ0v) is 28.9. The number of rotatable bonds is 5. The van der Waals surface area contributed by atoms with Gasteiger partial charge in [-0.15, -0.1) is 0 Å². The van der Waals surface area contributed by atoms with Crippen molar-refractivity contribution in [1.29, 1.82) is 0 Å². The van der Waals surface area contributed by atoms with E-state index in [1.165, 1.54) is 67.1 Å². The third kappa shape index (κ3) is 4.90. The average Bonchev–Trinajstić information content (AvgIpc) is 3.14. The highest BCUT2D eigenvalue weighted by Crippen LogP contribution is 2.45. The quantitative estimate of drug-likeness (QED) is 0.173. The van der Waals surface area contributed by atoms with Crippen molar-refractivity contribution in [2.45, 2.75) is 27.7 Å². The Morgan fingerprint density at radius 3 is 1.34 bits per heavy atom. The number of nitrogens with zero attached hydrogens (tertiary/aromatic N) is 3. The fourth-order valence-corrected chi connectivity index (χ4v) is 7.79. The maximum atomic E-state index is 2.48. The van der Waals surface area contributed by atoms with Crippen LogP contribution < -0.4 is 31.1 Å². The molecule has 0 spiro atoms. The number of hydrogen-bond donors (Lipinski definition) is 0. The minimum atomic E-state index is 0.0806. The maximum Gasteiger partial charge on any atom is 0.252 e. The Kier molecular flexibility index (Phi) is 7.13. The topological polar surface area (TPSA) is 9.72 Å². The molecule has 0 saturated heterocycles. The zero-order valence-electron chi connectivity index (χ0n) is 28.9. The van der Waals surface area contributed by atoms with Gasteiger partial charge in [0.1, 0.15) is 0 Å². The Bertz CT molecular complexity index is 2320. The van der Waals surface area contributed by atoms with Gasteiger partial charge in [0, 0.05) is 51.2 Å². The van der Waals surface area contributed by atoms with Crippen LogP contribution in [-0.4, -0.2) is 6.71 Å². The summed E-state index contributed by atoms with van der Waals surface area (Å²) in [6.07, 6.45) is 0. The summed E-state index contributed by atoms with van der Waals surface area (Å²) in [6, 6.07) is 58.5. The average molecular weight is 644 g/mol. The summed E-state index contributed by atoms with van der Waals surface area (Å²) in [4.78, 5) is 7.32. The first kappa shape index (κ1) is 30.1. The number of para-hydroxylation sites is 1. The molecule has 4 heteroatoms. The van der Waals surface area contributed by atoms with Gasteiger partial charge in [0.05, 0.1) is 0 Å². The molecule has 0 N–H and O–H groups in total. The standard InChI is InChI=1S/C46H38BN3/c1-31-12-20-35(21-13-31)48(36-22-14-32(2)15-23-36)39-28-29-41-45(30-39)50(38-26-18-34(4)19-27-38)44-11-7-10-43-46(44)47(41)40-8-5-6-9-42(40)49(43)37-24-16-33(3)17-25-37/h5-30H,1-4H3. The summed E-state index contributed by atoms with van der Waals surface area (Å²) >= 11 is 0. The third-order valence-electron chi connectivity index (χ3n) is 10.3. The van der Waals surface area contributed by atoms with Gasteiger partial charge in [-0.25, -0.2) is 0 Å². The molecule has 0 aliphatic carbocycles. The molecule has 7 aromatic carbocycles. The third-order valence-corrected chi connectivity index (χ3v) is 10.3. The zero-order chi connectivity index (χ0) is 33.9. The molecule has 0 radical (unpaired) electrons. The lowest BCUT2D eigenvalue weighted by Crippen LogP contribution is -2.61. The first-order valence-corrected chi connectivity index (χ1v) is 17.5. The van der Waals surface area contributed by atoms with Crippen molar-refractivity contribution >= 4 is 74.3 Å². The summed E-state index contributed by atoms with van der Waals surface area (Å²) in [5.74, 6) is 0. The fourth-order valence-electron chi connectivity index (χ4n) is 7.79. The van der Waals surface area contributed by atoms with Crippen LogP contribution in [0.5, 0.6) is 0 Å². The van der Waals surface area contributed by atoms with Crippen molar-refractivity contribution in [3.05, 3.63) is 180 Å². The highest BCUT2D eigenvalue weighted by molar-refractivity contribution is 7.00. The molecule has 240 valence electrons. The predicted octanol–water partition coefficient (Wildman–Crippen LogP) is 10.5. The van der Waals surface area contributed by atoms with E-state index in [9.17, 15) is 0 Å². The van der Waals surface area contributed by atoms with E-state index in [-0.39, 0.29) is 6.71 Å². The van der Waals surface area contributed by atoms with Crippen LogP contribution in [-0.2, 0) is 0 Å². The summed E-state index contributed by atoms with van der Waals surface area (Å²) in [6.45, 7) is 8.68. The molecule has 0 amide bonds. The van der Waals surface area contributed by atoms with E-state index in [4.69, 9.17) is 0 Å². The maximum absolute atomic E-state index is 2.48. The molecular weight excluding hydrogens is 605 g/mol. The molecule has 9 rings (SSSR count). The van der Waals surface area contributed by atoms with E-state index >= 15 is 0 Å². The number of fused-ring (bicyclic) bond motifs is 4. The molecule has 2 aliphatic rings. The molecular formula is C46H38BN3. The minimum Gasteiger partial charge on any atom is -0.311 e. The Morgan fingerprint density at radius 2 is 0.800 bits per heavy atom. The van der Waals surface area contributed by atoms with Gasteiger partial charge in [0.25, 0.3) is 6.71 Å². The van der Waals surface area contributed by atoms with E-state index in [1.54, 1.807) is 0 Å². The summed E-state index contributed by atoms with van der Waals surface area (Å²) in [5.41, 5.74) is 19.5. The Hall–Kier alpha value is -6.00. The number of benzene rings is 7. The normalized spacial score (nSPS) is 12.7.